The van der Waals surface area contributed by atoms with Gasteiger partial charge in [0.2, 0.25) is 0 Å². The Labute approximate surface area is 202 Å². The number of aryl methyl sites for hydroxylation is 1. The number of imidazole rings is 1. The van der Waals surface area contributed by atoms with E-state index in [2.05, 4.69) is 0 Å². The van der Waals surface area contributed by atoms with Crippen LogP contribution < -0.4 is 17.0 Å². The quantitative estimate of drug-likeness (QED) is 0.392. The topological polar surface area (TPSA) is 105 Å². The Morgan fingerprint density at radius 1 is 1.15 bits per heavy atom. The van der Waals surface area contributed by atoms with Crippen molar-refractivity contribution in [2.75, 3.05) is 6.54 Å². The molecule has 0 unspecified atom stereocenters. The van der Waals surface area contributed by atoms with E-state index in [1.807, 2.05) is 30.6 Å². The average Bonchev–Trinajstić information content (AvgIpc) is 3.45. The second kappa shape index (κ2) is 9.76. The molecule has 1 fully saturated rings. The molecule has 2 aromatic heterocycles. The highest BCUT2D eigenvalue weighted by Gasteiger charge is 2.36. The normalized spacial score (nSPS) is 15.1. The van der Waals surface area contributed by atoms with Crippen molar-refractivity contribution in [3.63, 3.8) is 0 Å². The third-order valence-electron chi connectivity index (χ3n) is 6.47. The van der Waals surface area contributed by atoms with E-state index in [-0.39, 0.29) is 17.1 Å². The van der Waals surface area contributed by atoms with Crippen LogP contribution in [-0.2, 0) is 20.1 Å². The molecule has 1 aliphatic carbocycles. The summed E-state index contributed by atoms with van der Waals surface area (Å²) >= 11 is 1.61. The minimum Gasteiger partial charge on any atom is -0.329 e. The number of hydrogen-bond acceptors (Lipinski definition) is 6. The second-order valence-electron chi connectivity index (χ2n) is 9.18. The summed E-state index contributed by atoms with van der Waals surface area (Å²) < 4.78 is 4.13. The standard InChI is InChI=1S/C25H31N5O3S/c1-17(2)11-14-29-20-21(27-23(29)34-25(16-26)12-7-8-13-25)28(3)24(33)30(22(20)32)15-19(31)18-9-5-4-6-10-18/h4-6,9-11H,7-8,12-16,26H2,1-3H3. The van der Waals surface area contributed by atoms with Crippen molar-refractivity contribution in [2.45, 2.75) is 62.5 Å². The molecule has 0 amide bonds. The van der Waals surface area contributed by atoms with E-state index in [0.29, 0.717) is 35.0 Å². The van der Waals surface area contributed by atoms with Gasteiger partial charge in [-0.1, -0.05) is 66.6 Å². The molecule has 8 nitrogen and oxygen atoms in total. The SMILES string of the molecule is CC(C)=CCn1c(SC2(CN)CCCC2)nc2c1c(=O)n(CC(=O)c1ccccc1)c(=O)n2C. The van der Waals surface area contributed by atoms with E-state index in [0.717, 1.165) is 35.8 Å². The van der Waals surface area contributed by atoms with Crippen LogP contribution in [0.25, 0.3) is 11.2 Å². The predicted molar refractivity (Wildman–Crippen MR) is 136 cm³/mol. The van der Waals surface area contributed by atoms with Gasteiger partial charge in [0.05, 0.1) is 6.54 Å². The molecular weight excluding hydrogens is 450 g/mol. The highest BCUT2D eigenvalue weighted by atomic mass is 32.2. The Balaban J connectivity index is 1.87. The minimum atomic E-state index is -0.556. The zero-order valence-electron chi connectivity index (χ0n) is 19.9. The van der Waals surface area contributed by atoms with Crippen molar-refractivity contribution in [1.29, 1.82) is 0 Å². The van der Waals surface area contributed by atoms with Crippen LogP contribution in [0.5, 0.6) is 0 Å². The van der Waals surface area contributed by atoms with Gasteiger partial charge in [-0.15, -0.1) is 0 Å². The van der Waals surface area contributed by atoms with E-state index in [1.54, 1.807) is 43.1 Å². The number of aromatic nitrogens is 4. The van der Waals surface area contributed by atoms with Crippen molar-refractivity contribution >= 4 is 28.7 Å². The lowest BCUT2D eigenvalue weighted by Crippen LogP contribution is -2.41. The first-order chi connectivity index (χ1) is 16.3. The van der Waals surface area contributed by atoms with Crippen LogP contribution in [0.1, 0.15) is 49.9 Å². The van der Waals surface area contributed by atoms with Gasteiger partial charge >= 0.3 is 5.69 Å². The number of rotatable bonds is 8. The molecule has 1 aromatic carbocycles. The number of hydrogen-bond donors (Lipinski definition) is 1. The molecule has 0 atom stereocenters. The molecule has 0 aliphatic heterocycles. The van der Waals surface area contributed by atoms with Gasteiger partial charge < -0.3 is 10.3 Å². The Morgan fingerprint density at radius 3 is 2.44 bits per heavy atom. The summed E-state index contributed by atoms with van der Waals surface area (Å²) in [6, 6.07) is 8.68. The van der Waals surface area contributed by atoms with Crippen molar-refractivity contribution in [3.8, 4) is 0 Å². The minimum absolute atomic E-state index is 0.120. The van der Waals surface area contributed by atoms with Gasteiger partial charge in [-0.25, -0.2) is 9.78 Å². The summed E-state index contributed by atoms with van der Waals surface area (Å²) in [5.41, 5.74) is 7.33. The van der Waals surface area contributed by atoms with Crippen molar-refractivity contribution in [3.05, 3.63) is 68.4 Å². The smallest absolute Gasteiger partial charge is 0.329 e. The largest absolute Gasteiger partial charge is 0.332 e. The van der Waals surface area contributed by atoms with Crippen LogP contribution in [0.2, 0.25) is 0 Å². The number of nitrogens with two attached hydrogens (primary N) is 1. The first-order valence-electron chi connectivity index (χ1n) is 11.6. The van der Waals surface area contributed by atoms with Gasteiger partial charge in [-0.3, -0.25) is 18.7 Å². The molecule has 4 rings (SSSR count). The van der Waals surface area contributed by atoms with Crippen LogP contribution in [0, 0.1) is 0 Å². The summed E-state index contributed by atoms with van der Waals surface area (Å²) in [5.74, 6) is -0.294. The molecule has 0 bridgehead atoms. The van der Waals surface area contributed by atoms with E-state index in [9.17, 15) is 14.4 Å². The maximum Gasteiger partial charge on any atom is 0.332 e. The zero-order chi connectivity index (χ0) is 24.5. The molecule has 1 aliphatic rings. The maximum atomic E-state index is 13.6. The predicted octanol–water partition coefficient (Wildman–Crippen LogP) is 3.11. The number of fused-ring (bicyclic) bond motifs is 1. The van der Waals surface area contributed by atoms with E-state index >= 15 is 0 Å². The molecule has 180 valence electrons. The molecule has 0 spiro atoms. The van der Waals surface area contributed by atoms with Crippen LogP contribution in [0.15, 0.2) is 56.7 Å². The molecule has 2 N–H and O–H groups in total. The van der Waals surface area contributed by atoms with Gasteiger partial charge in [-0.05, 0) is 26.7 Å². The Bertz CT molecular complexity index is 1360. The van der Waals surface area contributed by atoms with Crippen LogP contribution >= 0.6 is 11.8 Å². The van der Waals surface area contributed by atoms with Crippen molar-refractivity contribution in [1.82, 2.24) is 18.7 Å². The third-order valence-corrected chi connectivity index (χ3v) is 7.97. The van der Waals surface area contributed by atoms with Gasteiger partial charge in [0, 0.05) is 30.4 Å². The van der Waals surface area contributed by atoms with E-state index < -0.39 is 11.2 Å². The number of thioether (sulfide) groups is 1. The summed E-state index contributed by atoms with van der Waals surface area (Å²) in [6.45, 7) is 4.64. The highest BCUT2D eigenvalue weighted by Crippen LogP contribution is 2.44. The number of ketones is 1. The van der Waals surface area contributed by atoms with Gasteiger partial charge in [-0.2, -0.15) is 0 Å². The van der Waals surface area contributed by atoms with Gasteiger partial charge in [0.1, 0.15) is 0 Å². The number of allylic oxidation sites excluding steroid dienone is 2. The maximum absolute atomic E-state index is 13.6. The van der Waals surface area contributed by atoms with Crippen molar-refractivity contribution < 1.29 is 4.79 Å². The molecule has 1 saturated carbocycles. The fourth-order valence-corrected chi connectivity index (χ4v) is 5.80. The Hall–Kier alpha value is -2.91. The lowest BCUT2D eigenvalue weighted by molar-refractivity contribution is 0.0969. The first kappa shape index (κ1) is 24.2. The first-order valence-corrected chi connectivity index (χ1v) is 12.4. The number of nitrogens with zero attached hydrogens (tertiary/aromatic N) is 4. The van der Waals surface area contributed by atoms with Crippen LogP contribution in [0.4, 0.5) is 0 Å². The number of benzene rings is 1. The third kappa shape index (κ3) is 4.54. The highest BCUT2D eigenvalue weighted by molar-refractivity contribution is 8.00. The fourth-order valence-electron chi connectivity index (χ4n) is 4.43. The Kier molecular flexibility index (Phi) is 6.95. The Morgan fingerprint density at radius 2 is 1.82 bits per heavy atom. The van der Waals surface area contributed by atoms with Gasteiger partial charge in [0.25, 0.3) is 5.56 Å². The summed E-state index contributed by atoms with van der Waals surface area (Å²) in [7, 11) is 1.59. The molecule has 2 heterocycles. The summed E-state index contributed by atoms with van der Waals surface area (Å²) in [5, 5.41) is 0.680. The van der Waals surface area contributed by atoms with E-state index in [4.69, 9.17) is 10.7 Å². The number of carbonyl (C=O) groups excluding carboxylic acids is 1. The lowest BCUT2D eigenvalue weighted by Gasteiger charge is -2.25. The molecule has 0 saturated heterocycles. The number of carbonyl (C=O) groups is 1. The average molecular weight is 482 g/mol. The lowest BCUT2D eigenvalue weighted by atomic mass is 10.1. The fraction of sp³-hybridized carbons (Fsp3) is 0.440. The summed E-state index contributed by atoms with van der Waals surface area (Å²) in [4.78, 5) is 44.3. The zero-order valence-corrected chi connectivity index (χ0v) is 20.7. The molecular formula is C25H31N5O3S. The molecule has 9 heteroatoms. The van der Waals surface area contributed by atoms with Crippen molar-refractivity contribution in [2.24, 2.45) is 12.8 Å². The second-order valence-corrected chi connectivity index (χ2v) is 10.6. The number of Topliss-reactive ketones (excluding diaryl/α,β-unsaturated/α-hetero) is 1. The van der Waals surface area contributed by atoms with Crippen LogP contribution in [0.3, 0.4) is 0 Å². The molecule has 34 heavy (non-hydrogen) atoms. The molecule has 0 radical (unpaired) electrons. The van der Waals surface area contributed by atoms with Gasteiger partial charge in [0.15, 0.2) is 22.1 Å². The summed E-state index contributed by atoms with van der Waals surface area (Å²) in [6.07, 6.45) is 6.25. The molecule has 3 aromatic rings. The monoisotopic (exact) mass is 481 g/mol. The van der Waals surface area contributed by atoms with E-state index in [1.165, 1.54) is 4.57 Å². The van der Waals surface area contributed by atoms with Crippen LogP contribution in [-0.4, -0.2) is 35.8 Å².